The smallest absolute Gasteiger partial charge is 0.253 e. The van der Waals surface area contributed by atoms with Crippen molar-refractivity contribution >= 4 is 21.6 Å². The summed E-state index contributed by atoms with van der Waals surface area (Å²) in [4.78, 5) is 16.5. The molecule has 1 heterocycles. The van der Waals surface area contributed by atoms with Gasteiger partial charge in [0.25, 0.3) is 5.56 Å². The van der Waals surface area contributed by atoms with Crippen LogP contribution in [0.4, 0.5) is 0 Å². The van der Waals surface area contributed by atoms with Crippen LogP contribution in [0.3, 0.4) is 0 Å². The molecule has 3 aromatic rings. The van der Waals surface area contributed by atoms with E-state index >= 15 is 0 Å². The molecule has 6 nitrogen and oxygen atoms in total. The topological polar surface area (TPSA) is 81.1 Å². The Morgan fingerprint density at radius 1 is 1.04 bits per heavy atom. The fourth-order valence-electron chi connectivity index (χ4n) is 2.40. The first kappa shape index (κ1) is 18.3. The van der Waals surface area contributed by atoms with Gasteiger partial charge in [-0.15, -0.1) is 0 Å². The lowest BCUT2D eigenvalue weighted by molar-refractivity contribution is 0.569. The summed E-state index contributed by atoms with van der Waals surface area (Å²) in [6.07, 6.45) is 1.41. The van der Waals surface area contributed by atoms with Gasteiger partial charge in [0.05, 0.1) is 17.0 Å². The van der Waals surface area contributed by atoms with Gasteiger partial charge in [0.15, 0.2) is 0 Å². The van der Waals surface area contributed by atoms with Crippen molar-refractivity contribution in [1.29, 1.82) is 0 Å². The second kappa shape index (κ2) is 7.82. The zero-order chi connectivity index (χ0) is 18.6. The number of rotatable bonds is 6. The van der Waals surface area contributed by atoms with E-state index in [1.165, 1.54) is 29.1 Å². The fraction of sp³-hybridized carbons (Fsp3) is 0.111. The Bertz CT molecular complexity index is 1070. The quantitative estimate of drug-likeness (QED) is 0.702. The molecule has 0 bridgehead atoms. The number of nitrogens with zero attached hydrogens (tertiary/aromatic N) is 2. The number of aromatic nitrogens is 2. The summed E-state index contributed by atoms with van der Waals surface area (Å²) in [7, 11) is -3.74. The van der Waals surface area contributed by atoms with E-state index in [0.29, 0.717) is 5.69 Å². The highest BCUT2D eigenvalue weighted by atomic mass is 35.5. The molecule has 0 spiro atoms. The Hall–Kier alpha value is -2.48. The van der Waals surface area contributed by atoms with Crippen molar-refractivity contribution in [2.45, 2.75) is 11.4 Å². The lowest BCUT2D eigenvalue weighted by atomic mass is 10.1. The van der Waals surface area contributed by atoms with Crippen LogP contribution in [0, 0.1) is 0 Å². The first-order chi connectivity index (χ1) is 12.5. The number of hydrogen-bond acceptors (Lipinski definition) is 4. The average Bonchev–Trinajstić information content (AvgIpc) is 2.64. The van der Waals surface area contributed by atoms with Gasteiger partial charge in [-0.2, -0.15) is 0 Å². The highest BCUT2D eigenvalue weighted by Gasteiger charge is 2.16. The van der Waals surface area contributed by atoms with Gasteiger partial charge in [-0.25, -0.2) is 18.1 Å². The minimum atomic E-state index is -3.74. The van der Waals surface area contributed by atoms with Crippen molar-refractivity contribution in [3.05, 3.63) is 82.4 Å². The lowest BCUT2D eigenvalue weighted by Gasteiger charge is -2.10. The Labute approximate surface area is 156 Å². The van der Waals surface area contributed by atoms with Crippen molar-refractivity contribution in [2.24, 2.45) is 0 Å². The predicted octanol–water partition coefficient (Wildman–Crippen LogP) is 2.54. The van der Waals surface area contributed by atoms with Gasteiger partial charge in [-0.3, -0.25) is 9.36 Å². The number of benzene rings is 2. The van der Waals surface area contributed by atoms with Gasteiger partial charge in [0.2, 0.25) is 10.0 Å². The van der Waals surface area contributed by atoms with Crippen LogP contribution in [0.5, 0.6) is 0 Å². The molecule has 0 atom stereocenters. The van der Waals surface area contributed by atoms with Crippen molar-refractivity contribution in [3.63, 3.8) is 0 Å². The molecule has 0 amide bonds. The van der Waals surface area contributed by atoms with E-state index in [2.05, 4.69) is 9.71 Å². The van der Waals surface area contributed by atoms with Crippen LogP contribution in [0.15, 0.2) is 76.7 Å². The Morgan fingerprint density at radius 3 is 2.42 bits per heavy atom. The molecule has 26 heavy (non-hydrogen) atoms. The molecule has 3 rings (SSSR count). The van der Waals surface area contributed by atoms with E-state index in [1.807, 2.05) is 30.3 Å². The lowest BCUT2D eigenvalue weighted by Crippen LogP contribution is -2.31. The predicted molar refractivity (Wildman–Crippen MR) is 101 cm³/mol. The van der Waals surface area contributed by atoms with Crippen molar-refractivity contribution in [1.82, 2.24) is 14.3 Å². The summed E-state index contributed by atoms with van der Waals surface area (Å²) >= 11 is 5.92. The molecule has 1 aromatic heterocycles. The summed E-state index contributed by atoms with van der Waals surface area (Å²) in [6, 6.07) is 17.0. The van der Waals surface area contributed by atoms with Gasteiger partial charge in [0.1, 0.15) is 4.90 Å². The second-order valence-corrected chi connectivity index (χ2v) is 7.64. The van der Waals surface area contributed by atoms with Crippen molar-refractivity contribution in [2.75, 3.05) is 6.54 Å². The number of sulfonamides is 1. The molecule has 1 N–H and O–H groups in total. The molecule has 0 unspecified atom stereocenters. The van der Waals surface area contributed by atoms with Gasteiger partial charge >= 0.3 is 0 Å². The minimum Gasteiger partial charge on any atom is -0.298 e. The monoisotopic (exact) mass is 389 g/mol. The van der Waals surface area contributed by atoms with Crippen molar-refractivity contribution in [3.8, 4) is 11.3 Å². The SMILES string of the molecule is O=c1cc(-c2ccccc2)ncn1CCNS(=O)(=O)c1ccccc1Cl. The van der Waals surface area contributed by atoms with Crippen LogP contribution in [-0.2, 0) is 16.6 Å². The largest absolute Gasteiger partial charge is 0.298 e. The third kappa shape index (κ3) is 4.19. The highest BCUT2D eigenvalue weighted by molar-refractivity contribution is 7.89. The molecule has 0 fully saturated rings. The Morgan fingerprint density at radius 2 is 1.73 bits per heavy atom. The Balaban J connectivity index is 1.69. The molecule has 0 saturated carbocycles. The normalized spacial score (nSPS) is 11.4. The fourth-order valence-corrected chi connectivity index (χ4v) is 3.94. The summed E-state index contributed by atoms with van der Waals surface area (Å²) in [5, 5.41) is 0.144. The summed E-state index contributed by atoms with van der Waals surface area (Å²) in [5.41, 5.74) is 1.16. The van der Waals surface area contributed by atoms with Gasteiger partial charge < -0.3 is 0 Å². The molecular weight excluding hydrogens is 374 g/mol. The van der Waals surface area contributed by atoms with Crippen LogP contribution in [-0.4, -0.2) is 24.5 Å². The number of hydrogen-bond donors (Lipinski definition) is 1. The number of halogens is 1. The molecule has 0 saturated heterocycles. The molecule has 2 aromatic carbocycles. The number of nitrogens with one attached hydrogen (secondary N) is 1. The van der Waals surface area contributed by atoms with E-state index < -0.39 is 10.0 Å². The summed E-state index contributed by atoms with van der Waals surface area (Å²) in [6.45, 7) is 0.199. The minimum absolute atomic E-state index is 0.00608. The van der Waals surface area contributed by atoms with E-state index in [4.69, 9.17) is 11.6 Å². The maximum atomic E-state index is 12.3. The van der Waals surface area contributed by atoms with Crippen LogP contribution in [0.2, 0.25) is 5.02 Å². The van der Waals surface area contributed by atoms with E-state index in [1.54, 1.807) is 12.1 Å². The second-order valence-electron chi connectivity index (χ2n) is 5.50. The molecule has 0 aliphatic rings. The Kier molecular flexibility index (Phi) is 5.51. The van der Waals surface area contributed by atoms with Gasteiger partial charge in [-0.05, 0) is 12.1 Å². The molecule has 0 aliphatic heterocycles. The third-order valence-corrected chi connectivity index (χ3v) is 5.68. The average molecular weight is 390 g/mol. The van der Waals surface area contributed by atoms with Crippen LogP contribution < -0.4 is 10.3 Å². The molecule has 134 valence electrons. The van der Waals surface area contributed by atoms with Crippen LogP contribution >= 0.6 is 11.6 Å². The van der Waals surface area contributed by atoms with Crippen molar-refractivity contribution < 1.29 is 8.42 Å². The van der Waals surface area contributed by atoms with Gasteiger partial charge in [-0.1, -0.05) is 54.1 Å². The molecular formula is C18H16ClN3O3S. The first-order valence-electron chi connectivity index (χ1n) is 7.83. The highest BCUT2D eigenvalue weighted by Crippen LogP contribution is 2.19. The maximum absolute atomic E-state index is 12.3. The van der Waals surface area contributed by atoms with E-state index in [0.717, 1.165) is 5.56 Å². The standard InChI is InChI=1S/C18H16ClN3O3S/c19-15-8-4-5-9-17(15)26(24,25)21-10-11-22-13-20-16(12-18(22)23)14-6-2-1-3-7-14/h1-9,12-13,21H,10-11H2. The summed E-state index contributed by atoms with van der Waals surface area (Å²) < 4.78 is 28.3. The summed E-state index contributed by atoms with van der Waals surface area (Å²) in [5.74, 6) is 0. The first-order valence-corrected chi connectivity index (χ1v) is 9.69. The molecule has 0 aliphatic carbocycles. The molecule has 8 heteroatoms. The van der Waals surface area contributed by atoms with E-state index in [-0.39, 0.29) is 28.6 Å². The molecule has 0 radical (unpaired) electrons. The third-order valence-electron chi connectivity index (χ3n) is 3.72. The maximum Gasteiger partial charge on any atom is 0.253 e. The van der Waals surface area contributed by atoms with Crippen LogP contribution in [0.1, 0.15) is 0 Å². The zero-order valence-corrected chi connectivity index (χ0v) is 15.2. The van der Waals surface area contributed by atoms with Crippen LogP contribution in [0.25, 0.3) is 11.3 Å². The van der Waals surface area contributed by atoms with E-state index in [9.17, 15) is 13.2 Å². The zero-order valence-electron chi connectivity index (χ0n) is 13.7. The van der Waals surface area contributed by atoms with Gasteiger partial charge in [0, 0.05) is 24.7 Å².